The minimum Gasteiger partial charge on any atom is -0.375 e. The quantitative estimate of drug-likeness (QED) is 0.827. The fourth-order valence-electron chi connectivity index (χ4n) is 1.21. The average Bonchev–Trinajstić information content (AvgIpc) is 2.20. The van der Waals surface area contributed by atoms with Crippen LogP contribution in [0.2, 0.25) is 5.02 Å². The molecular weight excluding hydrogens is 212 g/mol. The first-order chi connectivity index (χ1) is 7.13. The number of anilines is 1. The van der Waals surface area contributed by atoms with Gasteiger partial charge in [-0.2, -0.15) is 0 Å². The lowest BCUT2D eigenvalue weighted by Gasteiger charge is -2.08. The summed E-state index contributed by atoms with van der Waals surface area (Å²) in [5.74, 6) is -0.0323. The number of rotatable bonds is 4. The molecule has 0 heterocycles. The molecule has 2 N–H and O–H groups in total. The van der Waals surface area contributed by atoms with E-state index >= 15 is 0 Å². The Kier molecular flexibility index (Phi) is 4.43. The molecule has 1 aromatic carbocycles. The zero-order chi connectivity index (χ0) is 11.3. The minimum absolute atomic E-state index is 0.0323. The van der Waals surface area contributed by atoms with E-state index in [9.17, 15) is 4.79 Å². The van der Waals surface area contributed by atoms with E-state index in [4.69, 9.17) is 11.6 Å². The number of halogens is 1. The Morgan fingerprint density at radius 2 is 2.20 bits per heavy atom. The van der Waals surface area contributed by atoms with Crippen molar-refractivity contribution < 1.29 is 4.79 Å². The van der Waals surface area contributed by atoms with Crippen LogP contribution in [0.25, 0.3) is 0 Å². The van der Waals surface area contributed by atoms with Crippen molar-refractivity contribution in [3.05, 3.63) is 28.8 Å². The zero-order valence-corrected chi connectivity index (χ0v) is 9.69. The molecule has 1 aromatic rings. The van der Waals surface area contributed by atoms with Gasteiger partial charge in [0.05, 0.1) is 17.3 Å². The Hall–Kier alpha value is -1.22. The van der Waals surface area contributed by atoms with Crippen LogP contribution in [-0.2, 0) is 4.79 Å². The van der Waals surface area contributed by atoms with Crippen molar-refractivity contribution in [1.29, 1.82) is 0 Å². The molecule has 0 bridgehead atoms. The normalized spacial score (nSPS) is 9.80. The highest BCUT2D eigenvalue weighted by Gasteiger charge is 2.02. The minimum atomic E-state index is -0.0323. The SMILES string of the molecule is CCNC(=O)CNc1cc(C)ccc1Cl. The van der Waals surface area contributed by atoms with E-state index in [0.717, 1.165) is 11.3 Å². The number of aryl methyl sites for hydroxylation is 1. The Labute approximate surface area is 94.8 Å². The molecule has 0 aliphatic heterocycles. The van der Waals surface area contributed by atoms with E-state index in [2.05, 4.69) is 10.6 Å². The fraction of sp³-hybridized carbons (Fsp3) is 0.364. The van der Waals surface area contributed by atoms with E-state index in [1.54, 1.807) is 0 Å². The van der Waals surface area contributed by atoms with Crippen LogP contribution >= 0.6 is 11.6 Å². The molecule has 0 aromatic heterocycles. The zero-order valence-electron chi connectivity index (χ0n) is 8.93. The molecule has 0 unspecified atom stereocenters. The summed E-state index contributed by atoms with van der Waals surface area (Å²) in [6.07, 6.45) is 0. The van der Waals surface area contributed by atoms with Gasteiger partial charge in [-0.1, -0.05) is 17.7 Å². The average molecular weight is 227 g/mol. The Morgan fingerprint density at radius 1 is 1.47 bits per heavy atom. The first kappa shape index (κ1) is 11.9. The number of amides is 1. The lowest BCUT2D eigenvalue weighted by molar-refractivity contribution is -0.119. The second-order valence-electron chi connectivity index (χ2n) is 3.29. The van der Waals surface area contributed by atoms with Crippen LogP contribution in [0.4, 0.5) is 5.69 Å². The summed E-state index contributed by atoms with van der Waals surface area (Å²) in [4.78, 5) is 11.2. The number of carbonyl (C=O) groups excluding carboxylic acids is 1. The molecule has 0 saturated carbocycles. The van der Waals surface area contributed by atoms with Crippen LogP contribution < -0.4 is 10.6 Å². The Balaban J connectivity index is 2.57. The largest absolute Gasteiger partial charge is 0.375 e. The molecule has 0 aliphatic carbocycles. The van der Waals surface area contributed by atoms with Gasteiger partial charge in [-0.15, -0.1) is 0 Å². The third kappa shape index (κ3) is 3.80. The molecule has 0 saturated heterocycles. The summed E-state index contributed by atoms with van der Waals surface area (Å²) in [5, 5.41) is 6.33. The van der Waals surface area contributed by atoms with E-state index < -0.39 is 0 Å². The van der Waals surface area contributed by atoms with Crippen LogP contribution in [0, 0.1) is 6.92 Å². The van der Waals surface area contributed by atoms with Gasteiger partial charge >= 0.3 is 0 Å². The third-order valence-corrected chi connectivity index (χ3v) is 2.26. The molecule has 0 radical (unpaired) electrons. The van der Waals surface area contributed by atoms with Crippen molar-refractivity contribution in [2.45, 2.75) is 13.8 Å². The summed E-state index contributed by atoms with van der Waals surface area (Å²) in [6, 6.07) is 5.66. The molecular formula is C11H15ClN2O. The van der Waals surface area contributed by atoms with Gasteiger partial charge < -0.3 is 10.6 Å². The van der Waals surface area contributed by atoms with Crippen molar-refractivity contribution >= 4 is 23.2 Å². The van der Waals surface area contributed by atoms with Crippen LogP contribution in [0.5, 0.6) is 0 Å². The topological polar surface area (TPSA) is 41.1 Å². The number of nitrogens with one attached hydrogen (secondary N) is 2. The van der Waals surface area contributed by atoms with Crippen molar-refractivity contribution in [1.82, 2.24) is 5.32 Å². The molecule has 82 valence electrons. The summed E-state index contributed by atoms with van der Waals surface area (Å²) in [5.41, 5.74) is 1.90. The molecule has 0 atom stereocenters. The van der Waals surface area contributed by atoms with E-state index in [1.807, 2.05) is 32.0 Å². The van der Waals surface area contributed by atoms with Gasteiger partial charge in [-0.3, -0.25) is 4.79 Å². The lowest BCUT2D eigenvalue weighted by atomic mass is 10.2. The Bertz CT molecular complexity index is 352. The summed E-state index contributed by atoms with van der Waals surface area (Å²) in [7, 11) is 0. The summed E-state index contributed by atoms with van der Waals surface area (Å²) < 4.78 is 0. The first-order valence-electron chi connectivity index (χ1n) is 4.90. The van der Waals surface area contributed by atoms with Gasteiger partial charge in [-0.05, 0) is 31.5 Å². The molecule has 0 spiro atoms. The second-order valence-corrected chi connectivity index (χ2v) is 3.70. The molecule has 1 amide bonds. The number of carbonyl (C=O) groups is 1. The van der Waals surface area contributed by atoms with Crippen molar-refractivity contribution in [3.63, 3.8) is 0 Å². The highest BCUT2D eigenvalue weighted by molar-refractivity contribution is 6.33. The van der Waals surface area contributed by atoms with Crippen LogP contribution in [-0.4, -0.2) is 19.0 Å². The van der Waals surface area contributed by atoms with Crippen LogP contribution in [0.3, 0.4) is 0 Å². The van der Waals surface area contributed by atoms with Gasteiger partial charge in [0.25, 0.3) is 0 Å². The molecule has 0 fully saturated rings. The number of likely N-dealkylation sites (N-methyl/N-ethyl adjacent to an activating group) is 1. The van der Waals surface area contributed by atoms with Crippen molar-refractivity contribution in [2.75, 3.05) is 18.4 Å². The molecule has 4 heteroatoms. The molecule has 1 rings (SSSR count). The third-order valence-electron chi connectivity index (χ3n) is 1.94. The van der Waals surface area contributed by atoms with Gasteiger partial charge in [0.15, 0.2) is 0 Å². The monoisotopic (exact) mass is 226 g/mol. The molecule has 15 heavy (non-hydrogen) atoms. The number of hydrogen-bond acceptors (Lipinski definition) is 2. The maximum atomic E-state index is 11.2. The van der Waals surface area contributed by atoms with Crippen molar-refractivity contribution in [2.24, 2.45) is 0 Å². The van der Waals surface area contributed by atoms with Gasteiger partial charge in [0, 0.05) is 6.54 Å². The molecule has 3 nitrogen and oxygen atoms in total. The predicted octanol–water partition coefficient (Wildman–Crippen LogP) is 2.20. The summed E-state index contributed by atoms with van der Waals surface area (Å²) in [6.45, 7) is 4.75. The fourth-order valence-corrected chi connectivity index (χ4v) is 1.39. The highest BCUT2D eigenvalue weighted by atomic mass is 35.5. The van der Waals surface area contributed by atoms with E-state index in [0.29, 0.717) is 11.6 Å². The van der Waals surface area contributed by atoms with Crippen molar-refractivity contribution in [3.8, 4) is 0 Å². The van der Waals surface area contributed by atoms with E-state index in [1.165, 1.54) is 0 Å². The highest BCUT2D eigenvalue weighted by Crippen LogP contribution is 2.22. The maximum absolute atomic E-state index is 11.2. The lowest BCUT2D eigenvalue weighted by Crippen LogP contribution is -2.29. The van der Waals surface area contributed by atoms with E-state index in [-0.39, 0.29) is 12.5 Å². The Morgan fingerprint density at radius 3 is 2.87 bits per heavy atom. The predicted molar refractivity (Wildman–Crippen MR) is 63.4 cm³/mol. The standard InChI is InChI=1S/C11H15ClN2O/c1-3-13-11(15)7-14-10-6-8(2)4-5-9(10)12/h4-6,14H,3,7H2,1-2H3,(H,13,15). The van der Waals surface area contributed by atoms with Crippen LogP contribution in [0.1, 0.15) is 12.5 Å². The molecule has 0 aliphatic rings. The van der Waals surface area contributed by atoms with Gasteiger partial charge in [-0.25, -0.2) is 0 Å². The number of hydrogen-bond donors (Lipinski definition) is 2. The second kappa shape index (κ2) is 5.61. The maximum Gasteiger partial charge on any atom is 0.239 e. The van der Waals surface area contributed by atoms with Crippen LogP contribution in [0.15, 0.2) is 18.2 Å². The summed E-state index contributed by atoms with van der Waals surface area (Å²) >= 11 is 5.96. The first-order valence-corrected chi connectivity index (χ1v) is 5.28. The smallest absolute Gasteiger partial charge is 0.239 e. The van der Waals surface area contributed by atoms with Gasteiger partial charge in [0.1, 0.15) is 0 Å². The van der Waals surface area contributed by atoms with Gasteiger partial charge in [0.2, 0.25) is 5.91 Å². The number of benzene rings is 1.